The van der Waals surface area contributed by atoms with Crippen molar-refractivity contribution >= 4 is 17.7 Å². The van der Waals surface area contributed by atoms with Crippen molar-refractivity contribution in [3.63, 3.8) is 0 Å². The highest BCUT2D eigenvalue weighted by Crippen LogP contribution is 2.11. The summed E-state index contributed by atoms with van der Waals surface area (Å²) in [6, 6.07) is 14.8. The number of benzene rings is 2. The van der Waals surface area contributed by atoms with E-state index in [0.29, 0.717) is 11.1 Å². The number of ketones is 1. The van der Waals surface area contributed by atoms with Gasteiger partial charge in [-0.25, -0.2) is 4.79 Å². The van der Waals surface area contributed by atoms with Gasteiger partial charge in [-0.05, 0) is 12.1 Å². The summed E-state index contributed by atoms with van der Waals surface area (Å²) in [6.45, 7) is 1.16. The second-order valence-electron chi connectivity index (χ2n) is 4.15. The Hall–Kier alpha value is -2.75. The van der Waals surface area contributed by atoms with Crippen molar-refractivity contribution in [1.82, 2.24) is 0 Å². The van der Waals surface area contributed by atoms with Crippen LogP contribution in [0.5, 0.6) is 0 Å². The van der Waals surface area contributed by atoms with Crippen molar-refractivity contribution in [3.8, 4) is 0 Å². The van der Waals surface area contributed by atoms with Gasteiger partial charge < -0.3 is 4.74 Å². The monoisotopic (exact) mass is 268 g/mol. The van der Waals surface area contributed by atoms with Crippen LogP contribution in [-0.4, -0.2) is 17.7 Å². The SMILES string of the molecule is CC(=O)OC(=O)c1ccc(C(=O)c2ccccc2)cc1. The number of hydrogen-bond acceptors (Lipinski definition) is 4. The molecule has 0 spiro atoms. The fraction of sp³-hybridized carbons (Fsp3) is 0.0625. The van der Waals surface area contributed by atoms with Crippen molar-refractivity contribution in [2.45, 2.75) is 6.92 Å². The van der Waals surface area contributed by atoms with Crippen LogP contribution >= 0.6 is 0 Å². The van der Waals surface area contributed by atoms with Gasteiger partial charge in [0.15, 0.2) is 5.78 Å². The molecule has 4 nitrogen and oxygen atoms in total. The van der Waals surface area contributed by atoms with Crippen LogP contribution in [0.15, 0.2) is 54.6 Å². The Kier molecular flexibility index (Phi) is 4.05. The lowest BCUT2D eigenvalue weighted by Crippen LogP contribution is -2.09. The standard InChI is InChI=1S/C16H12O4/c1-11(17)20-16(19)14-9-7-13(8-10-14)15(18)12-5-3-2-4-6-12/h2-10H,1H3. The molecule has 0 saturated carbocycles. The molecule has 0 bridgehead atoms. The zero-order chi connectivity index (χ0) is 14.5. The molecule has 0 heterocycles. The molecule has 0 aromatic heterocycles. The molecule has 20 heavy (non-hydrogen) atoms. The highest BCUT2D eigenvalue weighted by atomic mass is 16.6. The number of ether oxygens (including phenoxy) is 1. The Morgan fingerprint density at radius 1 is 0.750 bits per heavy atom. The average molecular weight is 268 g/mol. The van der Waals surface area contributed by atoms with Crippen molar-refractivity contribution < 1.29 is 19.1 Å². The van der Waals surface area contributed by atoms with Gasteiger partial charge in [-0.1, -0.05) is 42.5 Å². The Labute approximate surface area is 116 Å². The third-order valence-corrected chi connectivity index (χ3v) is 2.66. The largest absolute Gasteiger partial charge is 0.390 e. The van der Waals surface area contributed by atoms with Gasteiger partial charge in [0, 0.05) is 18.1 Å². The Morgan fingerprint density at radius 3 is 1.80 bits per heavy atom. The van der Waals surface area contributed by atoms with Crippen LogP contribution in [0.3, 0.4) is 0 Å². The summed E-state index contributed by atoms with van der Waals surface area (Å²) in [4.78, 5) is 34.3. The van der Waals surface area contributed by atoms with Crippen LogP contribution in [-0.2, 0) is 9.53 Å². The molecule has 4 heteroatoms. The van der Waals surface area contributed by atoms with E-state index in [1.54, 1.807) is 24.3 Å². The molecular formula is C16H12O4. The molecule has 0 unspecified atom stereocenters. The van der Waals surface area contributed by atoms with Gasteiger partial charge in [0.05, 0.1) is 5.56 Å². The van der Waals surface area contributed by atoms with Gasteiger partial charge >= 0.3 is 11.9 Å². The maximum atomic E-state index is 12.1. The van der Waals surface area contributed by atoms with E-state index in [-0.39, 0.29) is 11.3 Å². The van der Waals surface area contributed by atoms with Gasteiger partial charge in [-0.3, -0.25) is 9.59 Å². The fourth-order valence-electron chi connectivity index (χ4n) is 1.70. The first-order valence-electron chi connectivity index (χ1n) is 6.00. The van der Waals surface area contributed by atoms with Crippen molar-refractivity contribution in [3.05, 3.63) is 71.3 Å². The van der Waals surface area contributed by atoms with Crippen molar-refractivity contribution in [2.24, 2.45) is 0 Å². The molecule has 0 aliphatic carbocycles. The number of carbonyl (C=O) groups is 3. The summed E-state index contributed by atoms with van der Waals surface area (Å²) in [5.74, 6) is -1.52. The van der Waals surface area contributed by atoms with E-state index >= 15 is 0 Å². The van der Waals surface area contributed by atoms with E-state index in [1.165, 1.54) is 24.3 Å². The van der Waals surface area contributed by atoms with Crippen LogP contribution in [0.1, 0.15) is 33.2 Å². The van der Waals surface area contributed by atoms with Crippen LogP contribution < -0.4 is 0 Å². The molecule has 2 aromatic rings. The summed E-state index contributed by atoms with van der Waals surface area (Å²) in [5, 5.41) is 0. The van der Waals surface area contributed by atoms with Crippen LogP contribution in [0.4, 0.5) is 0 Å². The quantitative estimate of drug-likeness (QED) is 0.487. The number of carbonyl (C=O) groups excluding carboxylic acids is 3. The zero-order valence-electron chi connectivity index (χ0n) is 10.8. The second-order valence-corrected chi connectivity index (χ2v) is 4.15. The first-order chi connectivity index (χ1) is 9.58. The molecule has 2 rings (SSSR count). The number of hydrogen-bond donors (Lipinski definition) is 0. The van der Waals surface area contributed by atoms with E-state index < -0.39 is 11.9 Å². The van der Waals surface area contributed by atoms with Gasteiger partial charge in [0.25, 0.3) is 0 Å². The Bertz CT molecular complexity index is 642. The summed E-state index contributed by atoms with van der Waals surface area (Å²) < 4.78 is 4.46. The van der Waals surface area contributed by atoms with E-state index in [4.69, 9.17) is 0 Å². The second kappa shape index (κ2) is 5.93. The summed E-state index contributed by atoms with van der Waals surface area (Å²) in [7, 11) is 0. The van der Waals surface area contributed by atoms with E-state index in [9.17, 15) is 14.4 Å². The topological polar surface area (TPSA) is 60.4 Å². The molecule has 100 valence electrons. The summed E-state index contributed by atoms with van der Waals surface area (Å²) in [6.07, 6.45) is 0. The lowest BCUT2D eigenvalue weighted by Gasteiger charge is -2.03. The van der Waals surface area contributed by atoms with Crippen LogP contribution in [0.25, 0.3) is 0 Å². The van der Waals surface area contributed by atoms with Gasteiger partial charge in [0.1, 0.15) is 0 Å². The van der Waals surface area contributed by atoms with Crippen molar-refractivity contribution in [2.75, 3.05) is 0 Å². The molecule has 0 aliphatic rings. The lowest BCUT2D eigenvalue weighted by atomic mass is 10.0. The summed E-state index contributed by atoms with van der Waals surface area (Å²) in [5.41, 5.74) is 1.27. The molecule has 0 atom stereocenters. The van der Waals surface area contributed by atoms with Gasteiger partial charge in [-0.2, -0.15) is 0 Å². The van der Waals surface area contributed by atoms with Crippen LogP contribution in [0, 0.1) is 0 Å². The molecular weight excluding hydrogens is 256 g/mol. The number of rotatable bonds is 3. The Balaban J connectivity index is 2.18. The summed E-state index contributed by atoms with van der Waals surface area (Å²) >= 11 is 0. The van der Waals surface area contributed by atoms with Gasteiger partial charge in [-0.15, -0.1) is 0 Å². The highest BCUT2D eigenvalue weighted by molar-refractivity contribution is 6.09. The third kappa shape index (κ3) is 3.17. The zero-order valence-corrected chi connectivity index (χ0v) is 10.8. The minimum atomic E-state index is -0.726. The molecule has 2 aromatic carbocycles. The van der Waals surface area contributed by atoms with E-state index in [2.05, 4.69) is 4.74 Å². The maximum Gasteiger partial charge on any atom is 0.345 e. The molecule has 0 saturated heterocycles. The Morgan fingerprint density at radius 2 is 1.25 bits per heavy atom. The minimum absolute atomic E-state index is 0.128. The van der Waals surface area contributed by atoms with Crippen molar-refractivity contribution in [1.29, 1.82) is 0 Å². The molecule has 0 aliphatic heterocycles. The fourth-order valence-corrected chi connectivity index (χ4v) is 1.70. The first kappa shape index (κ1) is 13.7. The maximum absolute atomic E-state index is 12.1. The van der Waals surface area contributed by atoms with E-state index in [1.807, 2.05) is 6.07 Å². The molecule has 0 N–H and O–H groups in total. The van der Waals surface area contributed by atoms with Crippen LogP contribution in [0.2, 0.25) is 0 Å². The third-order valence-electron chi connectivity index (χ3n) is 2.66. The lowest BCUT2D eigenvalue weighted by molar-refractivity contribution is -0.135. The van der Waals surface area contributed by atoms with Gasteiger partial charge in [0.2, 0.25) is 0 Å². The predicted octanol–water partition coefficient (Wildman–Crippen LogP) is 2.62. The smallest absolute Gasteiger partial charge is 0.345 e. The first-order valence-corrected chi connectivity index (χ1v) is 6.00. The predicted molar refractivity (Wildman–Crippen MR) is 72.4 cm³/mol. The molecule has 0 fully saturated rings. The normalized spacial score (nSPS) is 9.85. The van der Waals surface area contributed by atoms with E-state index in [0.717, 1.165) is 6.92 Å². The molecule has 0 radical (unpaired) electrons. The average Bonchev–Trinajstić information content (AvgIpc) is 2.47. The minimum Gasteiger partial charge on any atom is -0.390 e. The molecule has 0 amide bonds. The highest BCUT2D eigenvalue weighted by Gasteiger charge is 2.12. The number of esters is 2.